The van der Waals surface area contributed by atoms with E-state index in [9.17, 15) is 10.1 Å². The smallest absolute Gasteiger partial charge is 0.433 e. The largest absolute Gasteiger partial charge is 0.497 e. The Bertz CT molecular complexity index is 896. The molecule has 0 aliphatic carbocycles. The van der Waals surface area contributed by atoms with Crippen molar-refractivity contribution in [3.63, 3.8) is 0 Å². The molecule has 1 aliphatic rings. The highest BCUT2D eigenvalue weighted by Crippen LogP contribution is 2.33. The second-order valence-electron chi connectivity index (χ2n) is 5.61. The van der Waals surface area contributed by atoms with Crippen LogP contribution in [0.1, 0.15) is 23.1 Å². The summed E-state index contributed by atoms with van der Waals surface area (Å²) in [6.45, 7) is 0.899. The molecule has 118 valence electrons. The van der Waals surface area contributed by atoms with Crippen LogP contribution in [-0.2, 0) is 6.42 Å². The van der Waals surface area contributed by atoms with Gasteiger partial charge in [-0.05, 0) is 29.8 Å². The van der Waals surface area contributed by atoms with Crippen molar-refractivity contribution in [2.45, 2.75) is 12.5 Å². The van der Waals surface area contributed by atoms with E-state index in [1.165, 1.54) is 11.6 Å². The van der Waals surface area contributed by atoms with Gasteiger partial charge in [-0.25, -0.2) is 0 Å². The maximum atomic E-state index is 10.8. The number of nitrogens with one attached hydrogen (secondary N) is 1. The highest BCUT2D eigenvalue weighted by Gasteiger charge is 2.32. The van der Waals surface area contributed by atoms with Crippen LogP contribution < -0.4 is 10.1 Å². The first-order valence-corrected chi connectivity index (χ1v) is 7.43. The summed E-state index contributed by atoms with van der Waals surface area (Å²) in [5.74, 6) is 1.19. The summed E-state index contributed by atoms with van der Waals surface area (Å²) in [5.41, 5.74) is 3.31. The fraction of sp³-hybridized carbons (Fsp3) is 0.250. The molecule has 23 heavy (non-hydrogen) atoms. The summed E-state index contributed by atoms with van der Waals surface area (Å²) in [6.07, 6.45) is 0.932. The lowest BCUT2D eigenvalue weighted by Gasteiger charge is -2.19. The number of quaternary nitrogens is 1. The zero-order chi connectivity index (χ0) is 16.0. The van der Waals surface area contributed by atoms with Crippen LogP contribution in [0.2, 0.25) is 0 Å². The Morgan fingerprint density at radius 3 is 3.00 bits per heavy atom. The predicted octanol–water partition coefficient (Wildman–Crippen LogP) is 1.89. The average molecular weight is 314 g/mol. The molecule has 0 saturated heterocycles. The van der Waals surface area contributed by atoms with Gasteiger partial charge in [0.2, 0.25) is 0 Å². The van der Waals surface area contributed by atoms with Crippen LogP contribution in [0, 0.1) is 10.1 Å². The molecular weight excluding hydrogens is 298 g/mol. The molecule has 0 saturated carbocycles. The van der Waals surface area contributed by atoms with Gasteiger partial charge in [0.05, 0.1) is 25.4 Å². The standard InChI is InChI=1S/C16H15N3O4/c1-22-9-2-3-12-11(8-9)10-6-7-17-16(15(10)18-12)13-4-5-14(23-13)19(20)21/h2-5,8,16-18H,6-7H2,1H3/p+1/t16-/m1/s1. The van der Waals surface area contributed by atoms with E-state index < -0.39 is 4.92 Å². The monoisotopic (exact) mass is 314 g/mol. The second-order valence-corrected chi connectivity index (χ2v) is 5.61. The van der Waals surface area contributed by atoms with Gasteiger partial charge in [-0.2, -0.15) is 0 Å². The third-order valence-corrected chi connectivity index (χ3v) is 4.35. The Kier molecular flexibility index (Phi) is 3.09. The number of furan rings is 1. The Morgan fingerprint density at radius 1 is 1.39 bits per heavy atom. The van der Waals surface area contributed by atoms with E-state index in [4.69, 9.17) is 9.15 Å². The number of methoxy groups -OCH3 is 1. The van der Waals surface area contributed by atoms with Crippen LogP contribution in [0.3, 0.4) is 0 Å². The predicted molar refractivity (Wildman–Crippen MR) is 82.6 cm³/mol. The van der Waals surface area contributed by atoms with Crippen molar-refractivity contribution in [1.29, 1.82) is 0 Å². The van der Waals surface area contributed by atoms with Crippen molar-refractivity contribution in [2.75, 3.05) is 13.7 Å². The zero-order valence-electron chi connectivity index (χ0n) is 12.5. The number of hydrogen-bond acceptors (Lipinski definition) is 4. The number of nitro groups is 1. The molecule has 3 heterocycles. The van der Waals surface area contributed by atoms with Crippen molar-refractivity contribution in [3.8, 4) is 5.75 Å². The zero-order valence-corrected chi connectivity index (χ0v) is 12.5. The Labute approximate surface area is 131 Å². The number of benzene rings is 1. The molecule has 0 spiro atoms. The van der Waals surface area contributed by atoms with Gasteiger partial charge in [0.15, 0.2) is 11.8 Å². The number of aromatic nitrogens is 1. The number of nitrogens with zero attached hydrogens (tertiary/aromatic N) is 1. The highest BCUT2D eigenvalue weighted by molar-refractivity contribution is 5.86. The maximum Gasteiger partial charge on any atom is 0.433 e. The minimum absolute atomic E-state index is 0.0918. The highest BCUT2D eigenvalue weighted by atomic mass is 16.6. The van der Waals surface area contributed by atoms with Crippen LogP contribution in [0.4, 0.5) is 5.88 Å². The van der Waals surface area contributed by atoms with Crippen LogP contribution in [0.15, 0.2) is 34.7 Å². The van der Waals surface area contributed by atoms with Gasteiger partial charge in [-0.1, -0.05) is 0 Å². The van der Waals surface area contributed by atoms with Crippen LogP contribution in [-0.4, -0.2) is 23.6 Å². The summed E-state index contributed by atoms with van der Waals surface area (Å²) in [7, 11) is 1.65. The third kappa shape index (κ3) is 2.17. The number of nitrogens with two attached hydrogens (primary N) is 1. The Hall–Kier alpha value is -2.80. The minimum Gasteiger partial charge on any atom is -0.497 e. The summed E-state index contributed by atoms with van der Waals surface area (Å²) in [5, 5.41) is 14.1. The third-order valence-electron chi connectivity index (χ3n) is 4.35. The SMILES string of the molecule is COc1ccc2[nH]c3c(c2c1)CC[NH2+][C@@H]3c1ccc([N+](=O)[O-])o1. The second kappa shape index (κ2) is 5.13. The first-order valence-electron chi connectivity index (χ1n) is 7.43. The molecule has 1 aromatic carbocycles. The first kappa shape index (κ1) is 13.8. The van der Waals surface area contributed by atoms with E-state index in [1.807, 2.05) is 18.2 Å². The number of fused-ring (bicyclic) bond motifs is 3. The van der Waals surface area contributed by atoms with Gasteiger partial charge < -0.3 is 19.5 Å². The van der Waals surface area contributed by atoms with Crippen molar-refractivity contribution < 1.29 is 19.4 Å². The van der Waals surface area contributed by atoms with Crippen LogP contribution in [0.5, 0.6) is 5.75 Å². The van der Waals surface area contributed by atoms with E-state index in [1.54, 1.807) is 13.2 Å². The number of H-pyrrole nitrogens is 1. The molecule has 7 heteroatoms. The number of aromatic amines is 1. The molecule has 3 N–H and O–H groups in total. The molecule has 1 atom stereocenters. The van der Waals surface area contributed by atoms with E-state index >= 15 is 0 Å². The molecular formula is C16H16N3O4+. The van der Waals surface area contributed by atoms with Gasteiger partial charge in [0.25, 0.3) is 0 Å². The minimum atomic E-state index is -0.511. The summed E-state index contributed by atoms with van der Waals surface area (Å²) < 4.78 is 10.7. The van der Waals surface area contributed by atoms with Crippen molar-refractivity contribution in [1.82, 2.24) is 4.98 Å². The quantitative estimate of drug-likeness (QED) is 0.569. The average Bonchev–Trinajstić information content (AvgIpc) is 3.18. The molecule has 3 aromatic rings. The fourth-order valence-electron chi connectivity index (χ4n) is 3.29. The van der Waals surface area contributed by atoms with Gasteiger partial charge in [-0.3, -0.25) is 10.1 Å². The van der Waals surface area contributed by atoms with Gasteiger partial charge in [-0.15, -0.1) is 0 Å². The van der Waals surface area contributed by atoms with Crippen LogP contribution >= 0.6 is 0 Å². The van der Waals surface area contributed by atoms with Crippen molar-refractivity contribution in [3.05, 3.63) is 57.5 Å². The first-order chi connectivity index (χ1) is 11.2. The molecule has 7 nitrogen and oxygen atoms in total. The Balaban J connectivity index is 1.82. The lowest BCUT2D eigenvalue weighted by atomic mass is 9.98. The Morgan fingerprint density at radius 2 is 2.26 bits per heavy atom. The van der Waals surface area contributed by atoms with E-state index in [0.717, 1.165) is 35.3 Å². The van der Waals surface area contributed by atoms with E-state index in [0.29, 0.717) is 5.76 Å². The topological polar surface area (TPSA) is 97.9 Å². The van der Waals surface area contributed by atoms with Gasteiger partial charge in [0, 0.05) is 17.3 Å². The summed E-state index contributed by atoms with van der Waals surface area (Å²) in [6, 6.07) is 8.93. The van der Waals surface area contributed by atoms with E-state index in [-0.39, 0.29) is 11.9 Å². The molecule has 0 amide bonds. The van der Waals surface area contributed by atoms with Gasteiger partial charge in [0.1, 0.15) is 10.7 Å². The lowest BCUT2D eigenvalue weighted by molar-refractivity contribution is -0.692. The summed E-state index contributed by atoms with van der Waals surface area (Å²) in [4.78, 5) is 13.8. The van der Waals surface area contributed by atoms with Gasteiger partial charge >= 0.3 is 5.88 Å². The molecule has 2 aromatic heterocycles. The number of hydrogen-bond donors (Lipinski definition) is 2. The molecule has 0 unspecified atom stereocenters. The van der Waals surface area contributed by atoms with E-state index in [2.05, 4.69) is 10.3 Å². The summed E-state index contributed by atoms with van der Waals surface area (Å²) >= 11 is 0. The normalized spacial score (nSPS) is 17.2. The van der Waals surface area contributed by atoms with Crippen molar-refractivity contribution in [2.24, 2.45) is 0 Å². The van der Waals surface area contributed by atoms with Crippen LogP contribution in [0.25, 0.3) is 10.9 Å². The molecule has 0 fully saturated rings. The molecule has 4 rings (SSSR count). The lowest BCUT2D eigenvalue weighted by Crippen LogP contribution is -2.87. The fourth-order valence-corrected chi connectivity index (χ4v) is 3.29. The van der Waals surface area contributed by atoms with Crippen molar-refractivity contribution >= 4 is 16.8 Å². The molecule has 0 bridgehead atoms. The molecule has 0 radical (unpaired) electrons. The number of ether oxygens (including phenoxy) is 1. The number of rotatable bonds is 3. The molecule has 1 aliphatic heterocycles. The maximum absolute atomic E-state index is 10.8.